The van der Waals surface area contributed by atoms with E-state index in [0.717, 1.165) is 10.9 Å². The van der Waals surface area contributed by atoms with E-state index in [1.807, 2.05) is 0 Å². The zero-order valence-electron chi connectivity index (χ0n) is 12.7. The molecule has 0 saturated heterocycles. The fourth-order valence-electron chi connectivity index (χ4n) is 2.68. The largest absolute Gasteiger partial charge is 0.496 e. The molecule has 0 aliphatic heterocycles. The van der Waals surface area contributed by atoms with Gasteiger partial charge in [0, 0.05) is 39.7 Å². The highest BCUT2D eigenvalue weighted by atomic mass is 35.5. The van der Waals surface area contributed by atoms with Crippen molar-refractivity contribution in [3.63, 3.8) is 0 Å². The second kappa shape index (κ2) is 6.05. The van der Waals surface area contributed by atoms with E-state index in [1.165, 1.54) is 13.2 Å². The number of aromatic nitrogens is 1. The van der Waals surface area contributed by atoms with Crippen molar-refractivity contribution in [2.24, 2.45) is 0 Å². The van der Waals surface area contributed by atoms with Crippen molar-refractivity contribution in [2.75, 3.05) is 7.11 Å². The molecule has 1 heterocycles. The minimum absolute atomic E-state index is 0.0668. The van der Waals surface area contributed by atoms with Crippen LogP contribution in [0.4, 0.5) is 4.39 Å². The number of rotatable bonds is 4. The number of Topliss-reactive ketones (excluding diaryl/α,β-unsaturated/α-hetero) is 1. The number of methoxy groups -OCH3 is 1. The zero-order chi connectivity index (χ0) is 16.6. The Bertz CT molecular complexity index is 901. The van der Waals surface area contributed by atoms with E-state index in [9.17, 15) is 9.18 Å². The molecular weight excluding hydrogens is 317 g/mol. The normalized spacial score (nSPS) is 11.0. The van der Waals surface area contributed by atoms with Gasteiger partial charge in [-0.05, 0) is 31.2 Å². The number of fused-ring (bicyclic) bond motifs is 1. The summed E-state index contributed by atoms with van der Waals surface area (Å²) in [5, 5.41) is 1.28. The number of nitrogens with one attached hydrogen (secondary N) is 1. The maximum absolute atomic E-state index is 13.6. The van der Waals surface area contributed by atoms with Gasteiger partial charge in [-0.15, -0.1) is 0 Å². The van der Waals surface area contributed by atoms with Gasteiger partial charge in [0.05, 0.1) is 12.6 Å². The summed E-state index contributed by atoms with van der Waals surface area (Å²) in [5.74, 6) is 0.216. The van der Waals surface area contributed by atoms with Crippen molar-refractivity contribution in [1.82, 2.24) is 4.98 Å². The van der Waals surface area contributed by atoms with Crippen molar-refractivity contribution in [2.45, 2.75) is 13.3 Å². The van der Waals surface area contributed by atoms with Gasteiger partial charge < -0.3 is 9.72 Å². The van der Waals surface area contributed by atoms with Crippen LogP contribution in [0.2, 0.25) is 5.02 Å². The third-order valence-corrected chi connectivity index (χ3v) is 4.19. The van der Waals surface area contributed by atoms with E-state index < -0.39 is 0 Å². The molecule has 0 unspecified atom stereocenters. The van der Waals surface area contributed by atoms with Gasteiger partial charge in [0.25, 0.3) is 0 Å². The van der Waals surface area contributed by atoms with Crippen LogP contribution in [0.25, 0.3) is 10.9 Å². The average Bonchev–Trinajstić information content (AvgIpc) is 2.97. The molecule has 5 heteroatoms. The number of aromatic amines is 1. The Morgan fingerprint density at radius 1 is 1.30 bits per heavy atom. The second-order valence-corrected chi connectivity index (χ2v) is 5.79. The standard InChI is InChI=1S/C18H15ClFNO2/c1-10-15(20)6-5-13-14(9-21-18(10)13)16(22)7-11-3-4-12(19)8-17(11)23-2/h3-6,8-9,21H,7H2,1-2H3. The summed E-state index contributed by atoms with van der Waals surface area (Å²) in [6.45, 7) is 1.69. The number of aryl methyl sites for hydroxylation is 1. The van der Waals surface area contributed by atoms with Crippen LogP contribution in [0.5, 0.6) is 5.75 Å². The number of ketones is 1. The topological polar surface area (TPSA) is 42.1 Å². The van der Waals surface area contributed by atoms with Crippen molar-refractivity contribution in [3.8, 4) is 5.75 Å². The Labute approximate surface area is 138 Å². The monoisotopic (exact) mass is 331 g/mol. The Balaban J connectivity index is 1.97. The number of ether oxygens (including phenoxy) is 1. The molecule has 0 amide bonds. The van der Waals surface area contributed by atoms with E-state index in [-0.39, 0.29) is 18.0 Å². The fraction of sp³-hybridized carbons (Fsp3) is 0.167. The van der Waals surface area contributed by atoms with Gasteiger partial charge >= 0.3 is 0 Å². The van der Waals surface area contributed by atoms with E-state index >= 15 is 0 Å². The molecule has 23 heavy (non-hydrogen) atoms. The molecular formula is C18H15ClFNO2. The van der Waals surface area contributed by atoms with Crippen LogP contribution in [-0.2, 0) is 6.42 Å². The predicted octanol–water partition coefficient (Wildman–Crippen LogP) is 4.70. The predicted molar refractivity (Wildman–Crippen MR) is 89.0 cm³/mol. The van der Waals surface area contributed by atoms with Gasteiger partial charge in [-0.1, -0.05) is 17.7 Å². The molecule has 3 rings (SSSR count). The lowest BCUT2D eigenvalue weighted by Crippen LogP contribution is -2.04. The molecule has 0 spiro atoms. The van der Waals surface area contributed by atoms with Crippen LogP contribution >= 0.6 is 11.6 Å². The molecule has 2 aromatic carbocycles. The Morgan fingerprint density at radius 3 is 2.83 bits per heavy atom. The lowest BCUT2D eigenvalue weighted by molar-refractivity contribution is 0.0993. The first-order valence-corrected chi connectivity index (χ1v) is 7.51. The quantitative estimate of drug-likeness (QED) is 0.704. The van der Waals surface area contributed by atoms with E-state index in [2.05, 4.69) is 4.98 Å². The first-order valence-electron chi connectivity index (χ1n) is 7.13. The van der Waals surface area contributed by atoms with Crippen LogP contribution in [0.1, 0.15) is 21.5 Å². The summed E-state index contributed by atoms with van der Waals surface area (Å²) in [4.78, 5) is 15.6. The van der Waals surface area contributed by atoms with Gasteiger partial charge in [0.15, 0.2) is 5.78 Å². The molecule has 0 aliphatic carbocycles. The first-order chi connectivity index (χ1) is 11.0. The molecule has 0 radical (unpaired) electrons. The van der Waals surface area contributed by atoms with Crippen LogP contribution < -0.4 is 4.74 Å². The summed E-state index contributed by atoms with van der Waals surface area (Å²) in [7, 11) is 1.54. The molecule has 3 aromatic rings. The summed E-state index contributed by atoms with van der Waals surface area (Å²) in [6.07, 6.45) is 1.81. The molecule has 0 fully saturated rings. The number of benzene rings is 2. The molecule has 0 aliphatic rings. The number of halogens is 2. The summed E-state index contributed by atoms with van der Waals surface area (Å²) in [5.41, 5.74) is 2.46. The van der Waals surface area contributed by atoms with Gasteiger partial charge in [0.2, 0.25) is 0 Å². The molecule has 118 valence electrons. The number of carbonyl (C=O) groups is 1. The number of hydrogen-bond donors (Lipinski definition) is 1. The minimum Gasteiger partial charge on any atom is -0.496 e. The maximum atomic E-state index is 13.6. The van der Waals surface area contributed by atoms with E-state index in [1.54, 1.807) is 37.4 Å². The van der Waals surface area contributed by atoms with Crippen LogP contribution in [0.15, 0.2) is 36.5 Å². The number of carbonyl (C=O) groups excluding carboxylic acids is 1. The van der Waals surface area contributed by atoms with Gasteiger partial charge in [-0.3, -0.25) is 4.79 Å². The van der Waals surface area contributed by atoms with E-state index in [4.69, 9.17) is 16.3 Å². The smallest absolute Gasteiger partial charge is 0.169 e. The molecule has 0 bridgehead atoms. The summed E-state index contributed by atoms with van der Waals surface area (Å²) < 4.78 is 18.9. The SMILES string of the molecule is COc1cc(Cl)ccc1CC(=O)c1c[nH]c2c(C)c(F)ccc12. The third-order valence-electron chi connectivity index (χ3n) is 3.95. The van der Waals surface area contributed by atoms with Crippen LogP contribution in [0.3, 0.4) is 0 Å². The van der Waals surface area contributed by atoms with Gasteiger partial charge in [0.1, 0.15) is 11.6 Å². The van der Waals surface area contributed by atoms with Crippen LogP contribution in [-0.4, -0.2) is 17.9 Å². The van der Waals surface area contributed by atoms with Crippen molar-refractivity contribution < 1.29 is 13.9 Å². The third kappa shape index (κ3) is 2.82. The summed E-state index contributed by atoms with van der Waals surface area (Å²) >= 11 is 5.94. The Kier molecular flexibility index (Phi) is 4.09. The van der Waals surface area contributed by atoms with Gasteiger partial charge in [-0.2, -0.15) is 0 Å². The van der Waals surface area contributed by atoms with Crippen molar-refractivity contribution >= 4 is 28.3 Å². The molecule has 0 saturated carbocycles. The second-order valence-electron chi connectivity index (χ2n) is 5.35. The Hall–Kier alpha value is -2.33. The first kappa shape index (κ1) is 15.6. The molecule has 0 atom stereocenters. The highest BCUT2D eigenvalue weighted by Gasteiger charge is 2.17. The van der Waals surface area contributed by atoms with Crippen LogP contribution in [0, 0.1) is 12.7 Å². The number of H-pyrrole nitrogens is 1. The maximum Gasteiger partial charge on any atom is 0.169 e. The highest BCUT2D eigenvalue weighted by molar-refractivity contribution is 6.30. The minimum atomic E-state index is -0.294. The van der Waals surface area contributed by atoms with Crippen molar-refractivity contribution in [3.05, 3.63) is 64.1 Å². The van der Waals surface area contributed by atoms with Crippen molar-refractivity contribution in [1.29, 1.82) is 0 Å². The molecule has 1 N–H and O–H groups in total. The molecule has 3 nitrogen and oxygen atoms in total. The fourth-order valence-corrected chi connectivity index (χ4v) is 2.84. The lowest BCUT2D eigenvalue weighted by atomic mass is 10.0. The lowest BCUT2D eigenvalue weighted by Gasteiger charge is -2.08. The highest BCUT2D eigenvalue weighted by Crippen LogP contribution is 2.27. The summed E-state index contributed by atoms with van der Waals surface area (Å²) in [6, 6.07) is 8.19. The number of hydrogen-bond acceptors (Lipinski definition) is 2. The molecule has 1 aromatic heterocycles. The van der Waals surface area contributed by atoms with E-state index in [0.29, 0.717) is 27.4 Å². The Morgan fingerprint density at radius 2 is 2.09 bits per heavy atom. The van der Waals surface area contributed by atoms with Gasteiger partial charge in [-0.25, -0.2) is 4.39 Å². The average molecular weight is 332 g/mol. The zero-order valence-corrected chi connectivity index (χ0v) is 13.5.